The van der Waals surface area contributed by atoms with E-state index < -0.39 is 18.1 Å². The fraction of sp³-hybridized carbons (Fsp3) is 0.444. The molecule has 178 valence electrons. The standard InChI is InChI=1S/C27H30N2O5/c1-15(10-25(30)31)28-26(32)17-11-16-13-24(22(16)12-17)29-27(33)34-14-23-20-8-4-2-6-18(20)19-7-3-5-9-21(19)23/h2-9,15-17,22-24H,10-14H2,1H3,(H,28,32)(H,29,33)(H,30,31)/t15?,16-,17?,22-,24+/m0/s1. The van der Waals surface area contributed by atoms with Crippen LogP contribution in [0.4, 0.5) is 4.79 Å². The Morgan fingerprint density at radius 2 is 1.65 bits per heavy atom. The van der Waals surface area contributed by atoms with Gasteiger partial charge in [-0.25, -0.2) is 4.79 Å². The van der Waals surface area contributed by atoms with E-state index in [-0.39, 0.29) is 42.7 Å². The minimum atomic E-state index is -0.924. The fourth-order valence-corrected chi connectivity index (χ4v) is 6.07. The molecule has 2 aromatic rings. The van der Waals surface area contributed by atoms with Crippen LogP contribution in [0.2, 0.25) is 0 Å². The third-order valence-corrected chi connectivity index (χ3v) is 7.71. The summed E-state index contributed by atoms with van der Waals surface area (Å²) in [4.78, 5) is 36.0. The molecule has 0 radical (unpaired) electrons. The number of carbonyl (C=O) groups excluding carboxylic acids is 2. The topological polar surface area (TPSA) is 105 Å². The monoisotopic (exact) mass is 462 g/mol. The largest absolute Gasteiger partial charge is 0.481 e. The van der Waals surface area contributed by atoms with Crippen LogP contribution in [0.25, 0.3) is 11.1 Å². The Kier molecular flexibility index (Phi) is 6.02. The molecule has 2 unspecified atom stereocenters. The molecular weight excluding hydrogens is 432 g/mol. The number of benzene rings is 2. The molecule has 5 atom stereocenters. The molecule has 7 nitrogen and oxygen atoms in total. The molecule has 34 heavy (non-hydrogen) atoms. The Labute approximate surface area is 198 Å². The van der Waals surface area contributed by atoms with Crippen LogP contribution in [-0.2, 0) is 14.3 Å². The lowest BCUT2D eigenvalue weighted by molar-refractivity contribution is -0.137. The second-order valence-electron chi connectivity index (χ2n) is 9.91. The number of nitrogens with one attached hydrogen (secondary N) is 2. The number of ether oxygens (including phenoxy) is 1. The third kappa shape index (κ3) is 4.27. The summed E-state index contributed by atoms with van der Waals surface area (Å²) < 4.78 is 5.67. The number of carboxylic acids is 1. The van der Waals surface area contributed by atoms with Gasteiger partial charge in [0.25, 0.3) is 0 Å². The van der Waals surface area contributed by atoms with Gasteiger partial charge in [-0.05, 0) is 60.3 Å². The summed E-state index contributed by atoms with van der Waals surface area (Å²) in [6, 6.07) is 16.1. The van der Waals surface area contributed by atoms with Crippen LogP contribution in [0.5, 0.6) is 0 Å². The number of aliphatic carboxylic acids is 1. The van der Waals surface area contributed by atoms with Gasteiger partial charge in [0.15, 0.2) is 0 Å². The zero-order valence-electron chi connectivity index (χ0n) is 19.2. The fourth-order valence-electron chi connectivity index (χ4n) is 6.07. The average molecular weight is 463 g/mol. The van der Waals surface area contributed by atoms with Gasteiger partial charge < -0.3 is 20.5 Å². The van der Waals surface area contributed by atoms with E-state index in [4.69, 9.17) is 9.84 Å². The van der Waals surface area contributed by atoms with Gasteiger partial charge in [-0.3, -0.25) is 9.59 Å². The minimum Gasteiger partial charge on any atom is -0.481 e. The first-order valence-corrected chi connectivity index (χ1v) is 12.0. The van der Waals surface area contributed by atoms with E-state index in [0.29, 0.717) is 12.3 Å². The maximum Gasteiger partial charge on any atom is 0.407 e. The van der Waals surface area contributed by atoms with E-state index in [9.17, 15) is 14.4 Å². The summed E-state index contributed by atoms with van der Waals surface area (Å²) in [5.41, 5.74) is 4.76. The molecule has 2 aromatic carbocycles. The van der Waals surface area contributed by atoms with E-state index in [0.717, 1.165) is 12.8 Å². The van der Waals surface area contributed by atoms with Crippen molar-refractivity contribution in [2.24, 2.45) is 17.8 Å². The highest BCUT2D eigenvalue weighted by Gasteiger charge is 2.50. The molecule has 0 spiro atoms. The minimum absolute atomic E-state index is 0.0230. The number of carboxylic acid groups (broad SMARTS) is 1. The first-order chi connectivity index (χ1) is 16.4. The normalized spacial score (nSPS) is 25.3. The van der Waals surface area contributed by atoms with Gasteiger partial charge >= 0.3 is 12.1 Å². The third-order valence-electron chi connectivity index (χ3n) is 7.71. The van der Waals surface area contributed by atoms with E-state index in [1.807, 2.05) is 24.3 Å². The number of carbonyl (C=O) groups is 3. The van der Waals surface area contributed by atoms with Crippen molar-refractivity contribution in [3.8, 4) is 11.1 Å². The molecule has 2 amide bonds. The number of hydrogen-bond donors (Lipinski definition) is 3. The molecule has 0 saturated heterocycles. The summed E-state index contributed by atoms with van der Waals surface area (Å²) in [5.74, 6) is -0.412. The van der Waals surface area contributed by atoms with Crippen molar-refractivity contribution in [3.63, 3.8) is 0 Å². The molecule has 5 rings (SSSR count). The van der Waals surface area contributed by atoms with E-state index in [2.05, 4.69) is 34.9 Å². The summed E-state index contributed by atoms with van der Waals surface area (Å²) in [5, 5.41) is 14.7. The summed E-state index contributed by atoms with van der Waals surface area (Å²) in [6.45, 7) is 1.99. The Morgan fingerprint density at radius 3 is 2.29 bits per heavy atom. The number of alkyl carbamates (subject to hydrolysis) is 1. The molecule has 2 fully saturated rings. The van der Waals surface area contributed by atoms with Gasteiger partial charge in [0.1, 0.15) is 6.61 Å². The molecular formula is C27H30N2O5. The van der Waals surface area contributed by atoms with Crippen LogP contribution in [0.3, 0.4) is 0 Å². The summed E-state index contributed by atoms with van der Waals surface area (Å²) >= 11 is 0. The van der Waals surface area contributed by atoms with Crippen molar-refractivity contribution >= 4 is 18.0 Å². The zero-order valence-corrected chi connectivity index (χ0v) is 19.2. The van der Waals surface area contributed by atoms with E-state index in [1.165, 1.54) is 22.3 Å². The van der Waals surface area contributed by atoms with E-state index >= 15 is 0 Å². The second-order valence-corrected chi connectivity index (χ2v) is 9.91. The van der Waals surface area contributed by atoms with Crippen molar-refractivity contribution in [1.29, 1.82) is 0 Å². The first-order valence-electron chi connectivity index (χ1n) is 12.0. The lowest BCUT2D eigenvalue weighted by Crippen LogP contribution is -2.50. The van der Waals surface area contributed by atoms with Gasteiger partial charge in [0, 0.05) is 23.9 Å². The van der Waals surface area contributed by atoms with Gasteiger partial charge in [0.2, 0.25) is 5.91 Å². The van der Waals surface area contributed by atoms with Crippen LogP contribution in [0.15, 0.2) is 48.5 Å². The maximum atomic E-state index is 12.6. The van der Waals surface area contributed by atoms with Crippen molar-refractivity contribution in [2.45, 2.75) is 50.6 Å². The second kappa shape index (κ2) is 9.12. The number of hydrogen-bond acceptors (Lipinski definition) is 4. The van der Waals surface area contributed by atoms with E-state index in [1.54, 1.807) is 6.92 Å². The summed E-state index contributed by atoms with van der Waals surface area (Å²) in [7, 11) is 0. The molecule has 2 saturated carbocycles. The molecule has 3 aliphatic rings. The van der Waals surface area contributed by atoms with Crippen LogP contribution in [-0.4, -0.2) is 41.8 Å². The van der Waals surface area contributed by atoms with Crippen LogP contribution >= 0.6 is 0 Å². The molecule has 0 heterocycles. The molecule has 3 N–H and O–H groups in total. The SMILES string of the molecule is CC(CC(=O)O)NC(=O)C1C[C@H]2C[C@@H](NC(=O)OCC3c4ccccc4-c4ccccc43)[C@H]2C1. The van der Waals surface area contributed by atoms with Crippen LogP contribution < -0.4 is 10.6 Å². The smallest absolute Gasteiger partial charge is 0.407 e. The highest BCUT2D eigenvalue weighted by molar-refractivity contribution is 5.80. The maximum absolute atomic E-state index is 12.6. The Hall–Kier alpha value is -3.35. The average Bonchev–Trinajstić information content (AvgIpc) is 3.31. The Balaban J connectivity index is 1.13. The summed E-state index contributed by atoms with van der Waals surface area (Å²) in [6.07, 6.45) is 1.86. The number of amides is 2. The number of rotatable bonds is 7. The molecule has 3 aliphatic carbocycles. The predicted octanol–water partition coefficient (Wildman–Crippen LogP) is 3.92. The number of fused-ring (bicyclic) bond motifs is 4. The predicted molar refractivity (Wildman–Crippen MR) is 126 cm³/mol. The van der Waals surface area contributed by atoms with Crippen molar-refractivity contribution < 1.29 is 24.2 Å². The molecule has 7 heteroatoms. The lowest BCUT2D eigenvalue weighted by Gasteiger charge is -2.40. The Morgan fingerprint density at radius 1 is 1.00 bits per heavy atom. The highest BCUT2D eigenvalue weighted by atomic mass is 16.5. The lowest BCUT2D eigenvalue weighted by atomic mass is 9.71. The van der Waals surface area contributed by atoms with Crippen molar-refractivity contribution in [3.05, 3.63) is 59.7 Å². The molecule has 0 bridgehead atoms. The van der Waals surface area contributed by atoms with Crippen LogP contribution in [0, 0.1) is 17.8 Å². The Bertz CT molecular complexity index is 1070. The zero-order chi connectivity index (χ0) is 23.8. The quantitative estimate of drug-likeness (QED) is 0.579. The molecule has 0 aromatic heterocycles. The highest BCUT2D eigenvalue weighted by Crippen LogP contribution is 2.50. The molecule has 0 aliphatic heterocycles. The van der Waals surface area contributed by atoms with Gasteiger partial charge in [-0.1, -0.05) is 48.5 Å². The van der Waals surface area contributed by atoms with Crippen molar-refractivity contribution in [1.82, 2.24) is 10.6 Å². The van der Waals surface area contributed by atoms with Gasteiger partial charge in [0.05, 0.1) is 6.42 Å². The van der Waals surface area contributed by atoms with Crippen LogP contribution in [0.1, 0.15) is 49.7 Å². The van der Waals surface area contributed by atoms with Gasteiger partial charge in [-0.15, -0.1) is 0 Å². The first kappa shape index (κ1) is 22.4. The van der Waals surface area contributed by atoms with Crippen molar-refractivity contribution in [2.75, 3.05) is 6.61 Å². The van der Waals surface area contributed by atoms with Gasteiger partial charge in [-0.2, -0.15) is 0 Å².